The number of hydrogen-bond acceptors (Lipinski definition) is 3. The predicted molar refractivity (Wildman–Crippen MR) is 66.0 cm³/mol. The van der Waals surface area contributed by atoms with Gasteiger partial charge in [0.15, 0.2) is 0 Å². The summed E-state index contributed by atoms with van der Waals surface area (Å²) in [6, 6.07) is 8.34. The molecule has 2 nitrogen and oxygen atoms in total. The first kappa shape index (κ1) is 10.9. The zero-order valence-electron chi connectivity index (χ0n) is 8.37. The maximum absolute atomic E-state index is 5.32. The van der Waals surface area contributed by atoms with Gasteiger partial charge in [-0.2, -0.15) is 0 Å². The highest BCUT2D eigenvalue weighted by molar-refractivity contribution is 9.11. The molecule has 2 aromatic rings. The van der Waals surface area contributed by atoms with E-state index in [1.54, 1.807) is 17.6 Å². The van der Waals surface area contributed by atoms with E-state index in [-0.39, 0.29) is 6.04 Å². The van der Waals surface area contributed by atoms with Crippen LogP contribution in [0.25, 0.3) is 0 Å². The van der Waals surface area contributed by atoms with Crippen molar-refractivity contribution in [1.29, 1.82) is 0 Å². The molecule has 2 aromatic heterocycles. The first-order chi connectivity index (χ1) is 7.25. The highest BCUT2D eigenvalue weighted by atomic mass is 79.9. The second-order valence-electron chi connectivity index (χ2n) is 3.32. The van der Waals surface area contributed by atoms with Crippen LogP contribution in [0.3, 0.4) is 0 Å². The molecule has 1 atom stereocenters. The largest absolute Gasteiger partial charge is 0.468 e. The molecule has 1 unspecified atom stereocenters. The van der Waals surface area contributed by atoms with Crippen LogP contribution >= 0.6 is 27.3 Å². The van der Waals surface area contributed by atoms with Gasteiger partial charge < -0.3 is 9.73 Å². The van der Waals surface area contributed by atoms with Crippen LogP contribution in [0.2, 0.25) is 0 Å². The van der Waals surface area contributed by atoms with E-state index in [0.717, 1.165) is 12.3 Å². The van der Waals surface area contributed by atoms with Gasteiger partial charge in [-0.25, -0.2) is 0 Å². The standard InChI is InChI=1S/C11H12BrNOS/c1-8(10-3-2-6-14-10)13-7-9-4-5-11(12)15-9/h2-6,8,13H,7H2,1H3. The molecule has 0 radical (unpaired) electrons. The normalized spacial score (nSPS) is 12.9. The summed E-state index contributed by atoms with van der Waals surface area (Å²) in [5.74, 6) is 0.977. The highest BCUT2D eigenvalue weighted by Crippen LogP contribution is 2.22. The van der Waals surface area contributed by atoms with Crippen molar-refractivity contribution in [3.05, 3.63) is 45.0 Å². The Morgan fingerprint density at radius 2 is 2.33 bits per heavy atom. The summed E-state index contributed by atoms with van der Waals surface area (Å²) < 4.78 is 6.49. The summed E-state index contributed by atoms with van der Waals surface area (Å²) in [4.78, 5) is 1.32. The Kier molecular flexibility index (Phi) is 3.61. The summed E-state index contributed by atoms with van der Waals surface area (Å²) in [7, 11) is 0. The lowest BCUT2D eigenvalue weighted by Crippen LogP contribution is -2.16. The number of halogens is 1. The molecule has 0 aliphatic rings. The number of thiophene rings is 1. The molecule has 2 rings (SSSR count). The summed E-state index contributed by atoms with van der Waals surface area (Å²) in [6.07, 6.45) is 1.70. The van der Waals surface area contributed by atoms with Crippen molar-refractivity contribution in [3.63, 3.8) is 0 Å². The fraction of sp³-hybridized carbons (Fsp3) is 0.273. The van der Waals surface area contributed by atoms with Gasteiger partial charge in [-0.3, -0.25) is 0 Å². The van der Waals surface area contributed by atoms with Crippen LogP contribution in [0.1, 0.15) is 23.6 Å². The summed E-state index contributed by atoms with van der Waals surface area (Å²) in [5.41, 5.74) is 0. The van der Waals surface area contributed by atoms with Crippen LogP contribution in [0.4, 0.5) is 0 Å². The van der Waals surface area contributed by atoms with E-state index >= 15 is 0 Å². The van der Waals surface area contributed by atoms with Gasteiger partial charge >= 0.3 is 0 Å². The van der Waals surface area contributed by atoms with E-state index in [4.69, 9.17) is 4.42 Å². The van der Waals surface area contributed by atoms with Crippen LogP contribution in [0.15, 0.2) is 38.7 Å². The van der Waals surface area contributed by atoms with Crippen LogP contribution < -0.4 is 5.32 Å². The fourth-order valence-electron chi connectivity index (χ4n) is 1.34. The van der Waals surface area contributed by atoms with Gasteiger partial charge in [0.05, 0.1) is 16.1 Å². The van der Waals surface area contributed by atoms with Crippen LogP contribution in [-0.2, 0) is 6.54 Å². The van der Waals surface area contributed by atoms with Crippen molar-refractivity contribution in [2.45, 2.75) is 19.5 Å². The molecular formula is C11H12BrNOS. The van der Waals surface area contributed by atoms with Crippen molar-refractivity contribution >= 4 is 27.3 Å². The summed E-state index contributed by atoms with van der Waals surface area (Å²) in [5, 5.41) is 3.41. The smallest absolute Gasteiger partial charge is 0.120 e. The number of hydrogen-bond donors (Lipinski definition) is 1. The number of rotatable bonds is 4. The van der Waals surface area contributed by atoms with E-state index in [1.165, 1.54) is 8.66 Å². The van der Waals surface area contributed by atoms with Gasteiger partial charge in [-0.15, -0.1) is 11.3 Å². The fourth-order valence-corrected chi connectivity index (χ4v) is 2.77. The Balaban J connectivity index is 1.88. The minimum absolute atomic E-state index is 0.251. The van der Waals surface area contributed by atoms with E-state index in [0.29, 0.717) is 0 Å². The van der Waals surface area contributed by atoms with E-state index in [2.05, 4.69) is 40.3 Å². The van der Waals surface area contributed by atoms with E-state index < -0.39 is 0 Å². The zero-order chi connectivity index (χ0) is 10.7. The quantitative estimate of drug-likeness (QED) is 0.920. The molecule has 0 aliphatic heterocycles. The molecule has 80 valence electrons. The first-order valence-electron chi connectivity index (χ1n) is 4.76. The van der Waals surface area contributed by atoms with Crippen molar-refractivity contribution in [3.8, 4) is 0 Å². The van der Waals surface area contributed by atoms with Gasteiger partial charge in [-0.05, 0) is 47.1 Å². The monoisotopic (exact) mass is 285 g/mol. The molecule has 0 aliphatic carbocycles. The summed E-state index contributed by atoms with van der Waals surface area (Å²) >= 11 is 5.20. The maximum Gasteiger partial charge on any atom is 0.120 e. The van der Waals surface area contributed by atoms with E-state index in [9.17, 15) is 0 Å². The van der Waals surface area contributed by atoms with Crippen molar-refractivity contribution in [2.24, 2.45) is 0 Å². The van der Waals surface area contributed by atoms with Gasteiger partial charge in [0, 0.05) is 11.4 Å². The third kappa shape index (κ3) is 2.93. The van der Waals surface area contributed by atoms with Crippen LogP contribution in [0, 0.1) is 0 Å². The molecule has 0 spiro atoms. The predicted octanol–water partition coefficient (Wildman–Crippen LogP) is 3.95. The third-order valence-corrected chi connectivity index (χ3v) is 3.80. The average Bonchev–Trinajstić information content (AvgIpc) is 2.84. The molecule has 0 saturated carbocycles. The highest BCUT2D eigenvalue weighted by Gasteiger charge is 2.07. The Morgan fingerprint density at radius 1 is 1.47 bits per heavy atom. The van der Waals surface area contributed by atoms with Gasteiger partial charge in [0.2, 0.25) is 0 Å². The molecule has 0 aromatic carbocycles. The number of nitrogens with one attached hydrogen (secondary N) is 1. The Morgan fingerprint density at radius 3 is 2.93 bits per heavy atom. The lowest BCUT2D eigenvalue weighted by Gasteiger charge is -2.09. The third-order valence-electron chi connectivity index (χ3n) is 2.18. The SMILES string of the molecule is CC(NCc1ccc(Br)s1)c1ccco1. The maximum atomic E-state index is 5.32. The average molecular weight is 286 g/mol. The number of furan rings is 1. The molecule has 0 fully saturated rings. The second kappa shape index (κ2) is 4.96. The Bertz CT molecular complexity index is 410. The zero-order valence-corrected chi connectivity index (χ0v) is 10.8. The molecule has 4 heteroatoms. The topological polar surface area (TPSA) is 25.2 Å². The summed E-state index contributed by atoms with van der Waals surface area (Å²) in [6.45, 7) is 2.97. The van der Waals surface area contributed by atoms with Gasteiger partial charge in [0.1, 0.15) is 5.76 Å². The minimum Gasteiger partial charge on any atom is -0.468 e. The lowest BCUT2D eigenvalue weighted by molar-refractivity contribution is 0.431. The van der Waals surface area contributed by atoms with Crippen LogP contribution in [-0.4, -0.2) is 0 Å². The molecule has 1 N–H and O–H groups in total. The van der Waals surface area contributed by atoms with E-state index in [1.807, 2.05) is 12.1 Å². The Hall–Kier alpha value is -0.580. The van der Waals surface area contributed by atoms with Crippen molar-refractivity contribution in [2.75, 3.05) is 0 Å². The minimum atomic E-state index is 0.251. The lowest BCUT2D eigenvalue weighted by atomic mass is 10.2. The molecule has 2 heterocycles. The molecule has 0 saturated heterocycles. The molecule has 0 bridgehead atoms. The van der Waals surface area contributed by atoms with Crippen molar-refractivity contribution < 1.29 is 4.42 Å². The molecule has 15 heavy (non-hydrogen) atoms. The van der Waals surface area contributed by atoms with Crippen molar-refractivity contribution in [1.82, 2.24) is 5.32 Å². The Labute approximate surface area is 101 Å². The molecule has 0 amide bonds. The first-order valence-corrected chi connectivity index (χ1v) is 6.37. The second-order valence-corrected chi connectivity index (χ2v) is 5.87. The van der Waals surface area contributed by atoms with Gasteiger partial charge in [0.25, 0.3) is 0 Å². The molecular weight excluding hydrogens is 274 g/mol. The van der Waals surface area contributed by atoms with Crippen LogP contribution in [0.5, 0.6) is 0 Å². The van der Waals surface area contributed by atoms with Gasteiger partial charge in [-0.1, -0.05) is 0 Å².